The number of amides is 2. The first-order chi connectivity index (χ1) is 8.27. The Morgan fingerprint density at radius 1 is 1.35 bits per heavy atom. The van der Waals surface area contributed by atoms with E-state index in [0.29, 0.717) is 6.54 Å². The molecule has 1 saturated heterocycles. The second-order valence-electron chi connectivity index (χ2n) is 4.51. The summed E-state index contributed by atoms with van der Waals surface area (Å²) >= 11 is 0. The zero-order chi connectivity index (χ0) is 12.1. The van der Waals surface area contributed by atoms with Gasteiger partial charge in [-0.25, -0.2) is 4.79 Å². The van der Waals surface area contributed by atoms with Crippen molar-refractivity contribution in [3.05, 3.63) is 18.0 Å². The Bertz CT molecular complexity index is 366. The van der Waals surface area contributed by atoms with E-state index in [1.165, 1.54) is 12.8 Å². The number of likely N-dealkylation sites (tertiary alicyclic amines) is 1. The molecule has 1 aromatic rings. The molecule has 0 bridgehead atoms. The van der Waals surface area contributed by atoms with Gasteiger partial charge in [-0.1, -0.05) is 12.8 Å². The number of carbonyl (C=O) groups excluding carboxylic acids is 1. The van der Waals surface area contributed by atoms with E-state index in [0.717, 1.165) is 31.6 Å². The van der Waals surface area contributed by atoms with Crippen LogP contribution in [0.1, 0.15) is 31.4 Å². The van der Waals surface area contributed by atoms with E-state index in [9.17, 15) is 4.79 Å². The second kappa shape index (κ2) is 5.70. The summed E-state index contributed by atoms with van der Waals surface area (Å²) in [5.41, 5.74) is 1.02. The molecule has 1 fully saturated rings. The van der Waals surface area contributed by atoms with Crippen molar-refractivity contribution in [1.82, 2.24) is 20.0 Å². The molecule has 1 aliphatic heterocycles. The number of carbonyl (C=O) groups is 1. The van der Waals surface area contributed by atoms with Gasteiger partial charge in [-0.15, -0.1) is 0 Å². The lowest BCUT2D eigenvalue weighted by molar-refractivity contribution is 0.199. The molecular formula is C12H20N4O. The summed E-state index contributed by atoms with van der Waals surface area (Å²) in [4.78, 5) is 13.9. The molecule has 0 radical (unpaired) electrons. The van der Waals surface area contributed by atoms with Crippen LogP contribution in [0.2, 0.25) is 0 Å². The summed E-state index contributed by atoms with van der Waals surface area (Å²) in [6.07, 6.45) is 6.47. The van der Waals surface area contributed by atoms with E-state index < -0.39 is 0 Å². The van der Waals surface area contributed by atoms with E-state index in [1.807, 2.05) is 18.0 Å². The fourth-order valence-electron chi connectivity index (χ4n) is 2.13. The van der Waals surface area contributed by atoms with E-state index in [2.05, 4.69) is 10.4 Å². The molecule has 0 saturated carbocycles. The molecule has 2 amide bonds. The standard InChI is InChI=1S/C12H20N4O/c1-15-11(6-7-14-15)10-13-12(17)16-8-4-2-3-5-9-16/h6-7H,2-5,8-10H2,1H3,(H,13,17). The van der Waals surface area contributed by atoms with Crippen LogP contribution in [0.25, 0.3) is 0 Å². The minimum atomic E-state index is 0.0492. The summed E-state index contributed by atoms with van der Waals surface area (Å²) in [6.45, 7) is 2.32. The molecule has 94 valence electrons. The van der Waals surface area contributed by atoms with E-state index >= 15 is 0 Å². The molecule has 0 spiro atoms. The van der Waals surface area contributed by atoms with Gasteiger partial charge >= 0.3 is 6.03 Å². The smallest absolute Gasteiger partial charge is 0.317 e. The Hall–Kier alpha value is -1.52. The lowest BCUT2D eigenvalue weighted by Gasteiger charge is -2.20. The van der Waals surface area contributed by atoms with Crippen LogP contribution in [0.15, 0.2) is 12.3 Å². The van der Waals surface area contributed by atoms with Crippen molar-refractivity contribution >= 4 is 6.03 Å². The van der Waals surface area contributed by atoms with Crippen molar-refractivity contribution in [3.8, 4) is 0 Å². The maximum Gasteiger partial charge on any atom is 0.317 e. The van der Waals surface area contributed by atoms with E-state index in [4.69, 9.17) is 0 Å². The van der Waals surface area contributed by atoms with E-state index in [-0.39, 0.29) is 6.03 Å². The second-order valence-corrected chi connectivity index (χ2v) is 4.51. The average molecular weight is 236 g/mol. The molecular weight excluding hydrogens is 216 g/mol. The van der Waals surface area contributed by atoms with Crippen LogP contribution >= 0.6 is 0 Å². The molecule has 0 aromatic carbocycles. The molecule has 2 rings (SSSR count). The molecule has 5 nitrogen and oxygen atoms in total. The number of hydrogen-bond donors (Lipinski definition) is 1. The van der Waals surface area contributed by atoms with Crippen LogP contribution in [0.4, 0.5) is 4.79 Å². The largest absolute Gasteiger partial charge is 0.332 e. The monoisotopic (exact) mass is 236 g/mol. The molecule has 1 aliphatic rings. The summed E-state index contributed by atoms with van der Waals surface area (Å²) in [5, 5.41) is 7.02. The van der Waals surface area contributed by atoms with Crippen molar-refractivity contribution in [2.45, 2.75) is 32.2 Å². The van der Waals surface area contributed by atoms with Crippen molar-refractivity contribution in [1.29, 1.82) is 0 Å². The summed E-state index contributed by atoms with van der Waals surface area (Å²) < 4.78 is 1.78. The number of urea groups is 1. The van der Waals surface area contributed by atoms with Gasteiger partial charge in [0, 0.05) is 26.3 Å². The van der Waals surface area contributed by atoms with Gasteiger partial charge < -0.3 is 10.2 Å². The van der Waals surface area contributed by atoms with Gasteiger partial charge in [-0.2, -0.15) is 5.10 Å². The zero-order valence-corrected chi connectivity index (χ0v) is 10.4. The number of rotatable bonds is 2. The number of nitrogens with one attached hydrogen (secondary N) is 1. The predicted molar refractivity (Wildman–Crippen MR) is 65.5 cm³/mol. The molecule has 17 heavy (non-hydrogen) atoms. The van der Waals surface area contributed by atoms with Crippen LogP contribution in [0, 0.1) is 0 Å². The lowest BCUT2D eigenvalue weighted by Crippen LogP contribution is -2.40. The maximum absolute atomic E-state index is 11.9. The molecule has 2 heterocycles. The molecule has 0 atom stereocenters. The molecule has 0 unspecified atom stereocenters. The lowest BCUT2D eigenvalue weighted by atomic mass is 10.2. The minimum absolute atomic E-state index is 0.0492. The molecule has 1 N–H and O–H groups in total. The number of aromatic nitrogens is 2. The minimum Gasteiger partial charge on any atom is -0.332 e. The van der Waals surface area contributed by atoms with Crippen LogP contribution in [0.5, 0.6) is 0 Å². The van der Waals surface area contributed by atoms with Gasteiger partial charge in [-0.05, 0) is 18.9 Å². The zero-order valence-electron chi connectivity index (χ0n) is 10.4. The molecule has 5 heteroatoms. The average Bonchev–Trinajstić information content (AvgIpc) is 2.58. The summed E-state index contributed by atoms with van der Waals surface area (Å²) in [7, 11) is 1.88. The Morgan fingerprint density at radius 2 is 2.06 bits per heavy atom. The van der Waals surface area contributed by atoms with Gasteiger partial charge in [0.1, 0.15) is 0 Å². The fraction of sp³-hybridized carbons (Fsp3) is 0.667. The third-order valence-electron chi connectivity index (χ3n) is 3.24. The van der Waals surface area contributed by atoms with Crippen molar-refractivity contribution in [3.63, 3.8) is 0 Å². The third kappa shape index (κ3) is 3.22. The van der Waals surface area contributed by atoms with Crippen LogP contribution < -0.4 is 5.32 Å². The van der Waals surface area contributed by atoms with Gasteiger partial charge in [0.25, 0.3) is 0 Å². The number of nitrogens with zero attached hydrogens (tertiary/aromatic N) is 3. The first kappa shape index (κ1) is 12.0. The molecule has 0 aliphatic carbocycles. The maximum atomic E-state index is 11.9. The first-order valence-electron chi connectivity index (χ1n) is 6.27. The topological polar surface area (TPSA) is 50.2 Å². The number of aryl methyl sites for hydroxylation is 1. The van der Waals surface area contributed by atoms with Gasteiger partial charge in [0.2, 0.25) is 0 Å². The number of hydrogen-bond acceptors (Lipinski definition) is 2. The van der Waals surface area contributed by atoms with Crippen molar-refractivity contribution in [2.75, 3.05) is 13.1 Å². The normalized spacial score (nSPS) is 16.6. The highest BCUT2D eigenvalue weighted by Gasteiger charge is 2.15. The SMILES string of the molecule is Cn1nccc1CNC(=O)N1CCCCCC1. The van der Waals surface area contributed by atoms with Gasteiger partial charge in [0.05, 0.1) is 12.2 Å². The summed E-state index contributed by atoms with van der Waals surface area (Å²) in [6, 6.07) is 1.97. The van der Waals surface area contributed by atoms with Crippen LogP contribution in [0.3, 0.4) is 0 Å². The highest BCUT2D eigenvalue weighted by atomic mass is 16.2. The highest BCUT2D eigenvalue weighted by Crippen LogP contribution is 2.09. The Labute approximate surface area is 102 Å². The Morgan fingerprint density at radius 3 is 2.65 bits per heavy atom. The Balaban J connectivity index is 1.82. The van der Waals surface area contributed by atoms with Crippen molar-refractivity contribution in [2.24, 2.45) is 7.05 Å². The quantitative estimate of drug-likeness (QED) is 0.846. The predicted octanol–water partition coefficient (Wildman–Crippen LogP) is 1.51. The molecule has 1 aromatic heterocycles. The first-order valence-corrected chi connectivity index (χ1v) is 6.27. The Kier molecular flexibility index (Phi) is 4.01. The summed E-state index contributed by atoms with van der Waals surface area (Å²) in [5.74, 6) is 0. The third-order valence-corrected chi connectivity index (χ3v) is 3.24. The van der Waals surface area contributed by atoms with Crippen molar-refractivity contribution < 1.29 is 4.79 Å². The van der Waals surface area contributed by atoms with E-state index in [1.54, 1.807) is 10.9 Å². The van der Waals surface area contributed by atoms with Crippen LogP contribution in [-0.4, -0.2) is 33.8 Å². The highest BCUT2D eigenvalue weighted by molar-refractivity contribution is 5.74. The van der Waals surface area contributed by atoms with Gasteiger partial charge in [-0.3, -0.25) is 4.68 Å². The van der Waals surface area contributed by atoms with Gasteiger partial charge in [0.15, 0.2) is 0 Å². The fourth-order valence-corrected chi connectivity index (χ4v) is 2.13. The van der Waals surface area contributed by atoms with Crippen LogP contribution in [-0.2, 0) is 13.6 Å².